The first-order valence-electron chi connectivity index (χ1n) is 7.81. The summed E-state index contributed by atoms with van der Waals surface area (Å²) in [5.41, 5.74) is -0.355. The summed E-state index contributed by atoms with van der Waals surface area (Å²) >= 11 is 0. The van der Waals surface area contributed by atoms with E-state index in [0.29, 0.717) is 5.91 Å². The molecule has 0 aromatic carbocycles. The topological polar surface area (TPSA) is 35.6 Å². The first-order chi connectivity index (χ1) is 9.05. The van der Waals surface area contributed by atoms with Gasteiger partial charge in [-0.25, -0.2) is 0 Å². The average Bonchev–Trinajstić information content (AvgIpc) is 3.22. The van der Waals surface area contributed by atoms with Crippen molar-refractivity contribution in [1.82, 2.24) is 15.1 Å². The van der Waals surface area contributed by atoms with Gasteiger partial charge in [0.2, 0.25) is 5.91 Å². The Balaban J connectivity index is 1.99. The van der Waals surface area contributed by atoms with Crippen molar-refractivity contribution in [3.05, 3.63) is 0 Å². The zero-order valence-electron chi connectivity index (χ0n) is 12.7. The van der Waals surface area contributed by atoms with Crippen LogP contribution in [0.5, 0.6) is 0 Å². The molecule has 1 aliphatic carbocycles. The summed E-state index contributed by atoms with van der Waals surface area (Å²) in [6, 6.07) is 0. The molecule has 2 fully saturated rings. The average molecular weight is 267 g/mol. The Kier molecular flexibility index (Phi) is 4.85. The number of piperazine rings is 1. The van der Waals surface area contributed by atoms with Crippen LogP contribution in [0.25, 0.3) is 0 Å². The van der Waals surface area contributed by atoms with Gasteiger partial charge in [-0.1, -0.05) is 6.92 Å². The zero-order chi connectivity index (χ0) is 13.9. The molecule has 1 saturated heterocycles. The highest BCUT2D eigenvalue weighted by Gasteiger charge is 2.39. The highest BCUT2D eigenvalue weighted by Crippen LogP contribution is 2.31. The van der Waals surface area contributed by atoms with Gasteiger partial charge in [0.1, 0.15) is 0 Å². The maximum absolute atomic E-state index is 12.9. The summed E-state index contributed by atoms with van der Waals surface area (Å²) in [7, 11) is 0. The van der Waals surface area contributed by atoms with Gasteiger partial charge in [0.15, 0.2) is 0 Å². The van der Waals surface area contributed by atoms with Crippen molar-refractivity contribution >= 4 is 5.91 Å². The van der Waals surface area contributed by atoms with Crippen molar-refractivity contribution in [2.24, 2.45) is 5.92 Å². The van der Waals surface area contributed by atoms with Gasteiger partial charge in [0.25, 0.3) is 0 Å². The van der Waals surface area contributed by atoms with Gasteiger partial charge in [-0.3, -0.25) is 9.69 Å². The van der Waals surface area contributed by atoms with Gasteiger partial charge in [-0.05, 0) is 39.0 Å². The van der Waals surface area contributed by atoms with E-state index in [0.717, 1.165) is 51.6 Å². The van der Waals surface area contributed by atoms with Gasteiger partial charge in [-0.15, -0.1) is 0 Å². The molecule has 2 rings (SSSR count). The SMILES string of the molecule is CCCN(CC1CC1)C(=O)C(C)(C)N1CCNCC1. The molecule has 19 heavy (non-hydrogen) atoms. The lowest BCUT2D eigenvalue weighted by Gasteiger charge is -2.42. The molecular weight excluding hydrogens is 238 g/mol. The minimum absolute atomic E-state index is 0.322. The second-order valence-electron chi connectivity index (χ2n) is 6.49. The fraction of sp³-hybridized carbons (Fsp3) is 0.933. The van der Waals surface area contributed by atoms with Gasteiger partial charge < -0.3 is 10.2 Å². The number of hydrogen-bond acceptors (Lipinski definition) is 3. The quantitative estimate of drug-likeness (QED) is 0.788. The highest BCUT2D eigenvalue weighted by molar-refractivity contribution is 5.85. The third-order valence-corrected chi connectivity index (χ3v) is 4.39. The second-order valence-corrected chi connectivity index (χ2v) is 6.49. The first-order valence-corrected chi connectivity index (χ1v) is 7.81. The molecule has 4 nitrogen and oxygen atoms in total. The molecule has 0 spiro atoms. The van der Waals surface area contributed by atoms with E-state index in [9.17, 15) is 4.79 Å². The molecule has 1 N–H and O–H groups in total. The standard InChI is InChI=1S/C15H29N3O/c1-4-9-17(12-13-5-6-13)14(19)15(2,3)18-10-7-16-8-11-18/h13,16H,4-12H2,1-3H3. The number of amides is 1. The summed E-state index contributed by atoms with van der Waals surface area (Å²) in [4.78, 5) is 17.3. The van der Waals surface area contributed by atoms with E-state index in [2.05, 4.69) is 35.9 Å². The van der Waals surface area contributed by atoms with Crippen LogP contribution >= 0.6 is 0 Å². The smallest absolute Gasteiger partial charge is 0.242 e. The predicted octanol–water partition coefficient (Wildman–Crippen LogP) is 1.32. The molecule has 0 bridgehead atoms. The first kappa shape index (κ1) is 14.8. The molecule has 0 aromatic rings. The monoisotopic (exact) mass is 267 g/mol. The van der Waals surface area contributed by atoms with E-state index < -0.39 is 0 Å². The largest absolute Gasteiger partial charge is 0.341 e. The van der Waals surface area contributed by atoms with Gasteiger partial charge >= 0.3 is 0 Å². The molecule has 1 heterocycles. The molecule has 0 radical (unpaired) electrons. The molecule has 0 unspecified atom stereocenters. The van der Waals surface area contributed by atoms with E-state index >= 15 is 0 Å². The second kappa shape index (κ2) is 6.23. The molecule has 110 valence electrons. The lowest BCUT2D eigenvalue weighted by molar-refractivity contribution is -0.143. The molecule has 0 atom stereocenters. The third kappa shape index (κ3) is 3.69. The van der Waals surface area contributed by atoms with E-state index in [1.54, 1.807) is 0 Å². The van der Waals surface area contributed by atoms with Crippen LogP contribution in [0.15, 0.2) is 0 Å². The Morgan fingerprint density at radius 1 is 1.32 bits per heavy atom. The number of carbonyl (C=O) groups is 1. The minimum atomic E-state index is -0.355. The number of rotatable bonds is 6. The lowest BCUT2D eigenvalue weighted by atomic mass is 9.99. The summed E-state index contributed by atoms with van der Waals surface area (Å²) in [5, 5.41) is 3.36. The third-order valence-electron chi connectivity index (χ3n) is 4.39. The Morgan fingerprint density at radius 3 is 2.47 bits per heavy atom. The maximum atomic E-state index is 12.9. The molecule has 1 saturated carbocycles. The molecule has 4 heteroatoms. The van der Waals surface area contributed by atoms with Crippen molar-refractivity contribution in [2.75, 3.05) is 39.3 Å². The van der Waals surface area contributed by atoms with Crippen molar-refractivity contribution < 1.29 is 4.79 Å². The number of carbonyl (C=O) groups excluding carboxylic acids is 1. The number of nitrogens with one attached hydrogen (secondary N) is 1. The molecular formula is C15H29N3O. The van der Waals surface area contributed by atoms with E-state index in [4.69, 9.17) is 0 Å². The summed E-state index contributed by atoms with van der Waals surface area (Å²) in [5.74, 6) is 1.09. The summed E-state index contributed by atoms with van der Waals surface area (Å²) in [6.45, 7) is 12.2. The number of hydrogen-bond donors (Lipinski definition) is 1. The van der Waals surface area contributed by atoms with Crippen LogP contribution in [-0.2, 0) is 4.79 Å². The molecule has 0 aromatic heterocycles. The lowest BCUT2D eigenvalue weighted by Crippen LogP contribution is -2.60. The van der Waals surface area contributed by atoms with Crippen LogP contribution < -0.4 is 5.32 Å². The Bertz CT molecular complexity index is 307. The predicted molar refractivity (Wildman–Crippen MR) is 78.1 cm³/mol. The Hall–Kier alpha value is -0.610. The van der Waals surface area contributed by atoms with Crippen LogP contribution in [-0.4, -0.2) is 60.5 Å². The van der Waals surface area contributed by atoms with Gasteiger partial charge in [0, 0.05) is 39.3 Å². The van der Waals surface area contributed by atoms with E-state index in [1.165, 1.54) is 12.8 Å². The highest BCUT2D eigenvalue weighted by atomic mass is 16.2. The molecule has 2 aliphatic rings. The van der Waals surface area contributed by atoms with Crippen LogP contribution in [0, 0.1) is 5.92 Å². The summed E-state index contributed by atoms with van der Waals surface area (Å²) < 4.78 is 0. The Morgan fingerprint density at radius 2 is 1.95 bits per heavy atom. The van der Waals surface area contributed by atoms with Crippen LogP contribution in [0.4, 0.5) is 0 Å². The molecule has 1 aliphatic heterocycles. The summed E-state index contributed by atoms with van der Waals surface area (Å²) in [6.07, 6.45) is 3.67. The van der Waals surface area contributed by atoms with Gasteiger partial charge in [0.05, 0.1) is 5.54 Å². The van der Waals surface area contributed by atoms with Crippen LogP contribution in [0.3, 0.4) is 0 Å². The minimum Gasteiger partial charge on any atom is -0.341 e. The fourth-order valence-corrected chi connectivity index (χ4v) is 2.90. The van der Waals surface area contributed by atoms with Crippen LogP contribution in [0.2, 0.25) is 0 Å². The number of nitrogens with zero attached hydrogens (tertiary/aromatic N) is 2. The zero-order valence-corrected chi connectivity index (χ0v) is 12.7. The Labute approximate surface area is 117 Å². The maximum Gasteiger partial charge on any atom is 0.242 e. The van der Waals surface area contributed by atoms with E-state index in [-0.39, 0.29) is 5.54 Å². The normalized spacial score (nSPS) is 21.4. The van der Waals surface area contributed by atoms with Crippen LogP contribution in [0.1, 0.15) is 40.0 Å². The van der Waals surface area contributed by atoms with Crippen molar-refractivity contribution in [3.63, 3.8) is 0 Å². The van der Waals surface area contributed by atoms with Crippen molar-refractivity contribution in [1.29, 1.82) is 0 Å². The molecule has 1 amide bonds. The van der Waals surface area contributed by atoms with Gasteiger partial charge in [-0.2, -0.15) is 0 Å². The van der Waals surface area contributed by atoms with Crippen molar-refractivity contribution in [2.45, 2.75) is 45.6 Å². The van der Waals surface area contributed by atoms with Crippen molar-refractivity contribution in [3.8, 4) is 0 Å². The fourth-order valence-electron chi connectivity index (χ4n) is 2.90. The van der Waals surface area contributed by atoms with E-state index in [1.807, 2.05) is 0 Å².